The molecule has 0 heterocycles. The maximum Gasteiger partial charge on any atom is 0.307 e. The number of hydrogen-bond donors (Lipinski definition) is 2. The van der Waals surface area contributed by atoms with Crippen LogP contribution in [-0.4, -0.2) is 32.6 Å². The lowest BCUT2D eigenvalue weighted by atomic mass is 10.1. The summed E-state index contributed by atoms with van der Waals surface area (Å²) in [6.07, 6.45) is 0.321. The van der Waals surface area contributed by atoms with E-state index in [0.717, 1.165) is 0 Å². The second-order valence-corrected chi connectivity index (χ2v) is 4.16. The summed E-state index contributed by atoms with van der Waals surface area (Å²) in [5, 5.41) is 6.24. The number of aryl methyl sites for hydroxylation is 1. The molecular weight excluding hydrogens is 242 g/mol. The molecule has 0 saturated carbocycles. The second kappa shape index (κ2) is 8.13. The number of carbonyl (C=O) groups is 1. The van der Waals surface area contributed by atoms with Gasteiger partial charge in [0.25, 0.3) is 0 Å². The van der Waals surface area contributed by atoms with Crippen LogP contribution in [0, 0.1) is 6.92 Å². The fourth-order valence-electron chi connectivity index (χ4n) is 1.50. The quantitative estimate of drug-likeness (QED) is 0.476. The topological polar surface area (TPSA) is 62.7 Å². The molecule has 2 N–H and O–H groups in total. The van der Waals surface area contributed by atoms with Crippen molar-refractivity contribution in [1.82, 2.24) is 10.6 Å². The van der Waals surface area contributed by atoms with Crippen LogP contribution in [0.15, 0.2) is 29.3 Å². The van der Waals surface area contributed by atoms with E-state index >= 15 is 0 Å². The molecule has 0 amide bonds. The van der Waals surface area contributed by atoms with Crippen LogP contribution in [0.1, 0.15) is 17.5 Å². The van der Waals surface area contributed by atoms with Gasteiger partial charge in [-0.2, -0.15) is 0 Å². The molecule has 0 atom stereocenters. The van der Waals surface area contributed by atoms with E-state index < -0.39 is 0 Å². The molecule has 0 bridgehead atoms. The summed E-state index contributed by atoms with van der Waals surface area (Å²) < 4.78 is 4.57. The number of nitrogens with zero attached hydrogens (tertiary/aromatic N) is 1. The molecule has 5 heteroatoms. The minimum Gasteiger partial charge on any atom is -0.469 e. The number of aliphatic imine (C=N–C) groups is 1. The zero-order valence-electron chi connectivity index (χ0n) is 11.7. The van der Waals surface area contributed by atoms with Gasteiger partial charge in [-0.3, -0.25) is 9.79 Å². The van der Waals surface area contributed by atoms with Gasteiger partial charge < -0.3 is 15.4 Å². The van der Waals surface area contributed by atoms with Crippen LogP contribution in [-0.2, 0) is 16.1 Å². The minimum atomic E-state index is -0.235. The zero-order valence-corrected chi connectivity index (χ0v) is 11.7. The first-order chi connectivity index (χ1) is 9.15. The number of ether oxygens (including phenoxy) is 1. The van der Waals surface area contributed by atoms with Crippen molar-refractivity contribution in [1.29, 1.82) is 0 Å². The Hall–Kier alpha value is -2.04. The van der Waals surface area contributed by atoms with Crippen molar-refractivity contribution in [2.75, 3.05) is 20.7 Å². The predicted octanol–water partition coefficient (Wildman–Crippen LogP) is 1.22. The smallest absolute Gasteiger partial charge is 0.307 e. The Labute approximate surface area is 114 Å². The van der Waals surface area contributed by atoms with E-state index in [1.807, 2.05) is 0 Å². The number of esters is 1. The van der Waals surface area contributed by atoms with E-state index in [9.17, 15) is 4.79 Å². The third-order valence-corrected chi connectivity index (χ3v) is 2.65. The van der Waals surface area contributed by atoms with Crippen LogP contribution in [0.5, 0.6) is 0 Å². The van der Waals surface area contributed by atoms with Crippen molar-refractivity contribution < 1.29 is 9.53 Å². The van der Waals surface area contributed by atoms with E-state index in [-0.39, 0.29) is 5.97 Å². The molecule has 1 aromatic rings. The zero-order chi connectivity index (χ0) is 14.1. The maximum absolute atomic E-state index is 11.0. The van der Waals surface area contributed by atoms with E-state index in [1.165, 1.54) is 18.2 Å². The number of guanidine groups is 1. The lowest BCUT2D eigenvalue weighted by Gasteiger charge is -2.11. The molecule has 0 aromatic heterocycles. The highest BCUT2D eigenvalue weighted by atomic mass is 16.5. The molecule has 0 spiro atoms. The van der Waals surface area contributed by atoms with Crippen molar-refractivity contribution in [2.45, 2.75) is 19.9 Å². The summed E-state index contributed by atoms with van der Waals surface area (Å²) in [6.45, 7) is 3.25. The Balaban J connectivity index is 2.33. The van der Waals surface area contributed by atoms with Crippen molar-refractivity contribution in [3.63, 3.8) is 0 Å². The van der Waals surface area contributed by atoms with Gasteiger partial charge in [0.2, 0.25) is 0 Å². The van der Waals surface area contributed by atoms with Gasteiger partial charge in [0.1, 0.15) is 0 Å². The van der Waals surface area contributed by atoms with Crippen molar-refractivity contribution in [3.8, 4) is 0 Å². The standard InChI is InChI=1S/C14H21N3O2/c1-11-4-6-12(7-5-11)10-17-14(15-2)16-9-8-13(18)19-3/h4-7H,8-10H2,1-3H3,(H2,15,16,17). The normalized spacial score (nSPS) is 11.0. The summed E-state index contributed by atoms with van der Waals surface area (Å²) in [5.74, 6) is 0.436. The Morgan fingerprint density at radius 2 is 1.95 bits per heavy atom. The Bertz CT molecular complexity index is 427. The third-order valence-electron chi connectivity index (χ3n) is 2.65. The predicted molar refractivity (Wildman–Crippen MR) is 76.0 cm³/mol. The van der Waals surface area contributed by atoms with Crippen LogP contribution >= 0.6 is 0 Å². The monoisotopic (exact) mass is 263 g/mol. The highest BCUT2D eigenvalue weighted by Crippen LogP contribution is 2.02. The van der Waals surface area contributed by atoms with Gasteiger partial charge in [-0.1, -0.05) is 29.8 Å². The summed E-state index contributed by atoms with van der Waals surface area (Å²) >= 11 is 0. The van der Waals surface area contributed by atoms with Crippen molar-refractivity contribution in [2.24, 2.45) is 4.99 Å². The van der Waals surface area contributed by atoms with Gasteiger partial charge in [-0.25, -0.2) is 0 Å². The van der Waals surface area contributed by atoms with Crippen LogP contribution in [0.4, 0.5) is 0 Å². The molecule has 104 valence electrons. The SMILES string of the molecule is CN=C(NCCC(=O)OC)NCc1ccc(C)cc1. The molecule has 1 aromatic carbocycles. The number of carbonyl (C=O) groups excluding carboxylic acids is 1. The molecule has 0 unspecified atom stereocenters. The third kappa shape index (κ3) is 5.90. The Morgan fingerprint density at radius 3 is 2.53 bits per heavy atom. The summed E-state index contributed by atoms with van der Waals surface area (Å²) in [5.41, 5.74) is 2.42. The number of methoxy groups -OCH3 is 1. The highest BCUT2D eigenvalue weighted by Gasteiger charge is 2.01. The average molecular weight is 263 g/mol. The highest BCUT2D eigenvalue weighted by molar-refractivity contribution is 5.80. The first kappa shape index (κ1) is 15.0. The number of hydrogen-bond acceptors (Lipinski definition) is 3. The lowest BCUT2D eigenvalue weighted by Crippen LogP contribution is -2.37. The van der Waals surface area contributed by atoms with Gasteiger partial charge >= 0.3 is 5.97 Å². The molecule has 0 saturated heterocycles. The van der Waals surface area contributed by atoms with E-state index in [0.29, 0.717) is 25.5 Å². The van der Waals surface area contributed by atoms with Crippen LogP contribution in [0.3, 0.4) is 0 Å². The van der Waals surface area contributed by atoms with Gasteiger partial charge in [0, 0.05) is 20.1 Å². The van der Waals surface area contributed by atoms with Crippen molar-refractivity contribution >= 4 is 11.9 Å². The molecule has 19 heavy (non-hydrogen) atoms. The van der Waals surface area contributed by atoms with Gasteiger partial charge in [0.05, 0.1) is 13.5 Å². The summed E-state index contributed by atoms with van der Waals surface area (Å²) in [7, 11) is 3.08. The Morgan fingerprint density at radius 1 is 1.26 bits per heavy atom. The van der Waals surface area contributed by atoms with Crippen LogP contribution in [0.25, 0.3) is 0 Å². The van der Waals surface area contributed by atoms with Crippen LogP contribution < -0.4 is 10.6 Å². The maximum atomic E-state index is 11.0. The molecule has 0 aliphatic carbocycles. The van der Waals surface area contributed by atoms with E-state index in [2.05, 4.69) is 51.6 Å². The summed E-state index contributed by atoms with van der Waals surface area (Å²) in [4.78, 5) is 15.1. The number of nitrogens with one attached hydrogen (secondary N) is 2. The fraction of sp³-hybridized carbons (Fsp3) is 0.429. The van der Waals surface area contributed by atoms with E-state index in [4.69, 9.17) is 0 Å². The molecular formula is C14H21N3O2. The molecule has 5 nitrogen and oxygen atoms in total. The Kier molecular flexibility index (Phi) is 6.43. The lowest BCUT2D eigenvalue weighted by molar-refractivity contribution is -0.140. The van der Waals surface area contributed by atoms with Gasteiger partial charge in [-0.05, 0) is 12.5 Å². The molecule has 0 aliphatic heterocycles. The second-order valence-electron chi connectivity index (χ2n) is 4.16. The van der Waals surface area contributed by atoms with Crippen LogP contribution in [0.2, 0.25) is 0 Å². The number of rotatable bonds is 5. The van der Waals surface area contributed by atoms with Gasteiger partial charge in [-0.15, -0.1) is 0 Å². The summed E-state index contributed by atoms with van der Waals surface area (Å²) in [6, 6.07) is 8.29. The van der Waals surface area contributed by atoms with Gasteiger partial charge in [0.15, 0.2) is 5.96 Å². The molecule has 0 fully saturated rings. The fourth-order valence-corrected chi connectivity index (χ4v) is 1.50. The molecule has 1 rings (SSSR count). The number of benzene rings is 1. The largest absolute Gasteiger partial charge is 0.469 e. The first-order valence-electron chi connectivity index (χ1n) is 6.22. The molecule has 0 radical (unpaired) electrons. The van der Waals surface area contributed by atoms with Crippen molar-refractivity contribution in [3.05, 3.63) is 35.4 Å². The molecule has 0 aliphatic rings. The van der Waals surface area contributed by atoms with E-state index in [1.54, 1.807) is 7.05 Å². The first-order valence-corrected chi connectivity index (χ1v) is 6.22. The average Bonchev–Trinajstić information content (AvgIpc) is 2.44. The minimum absolute atomic E-state index is 0.235.